The Labute approximate surface area is 115 Å². The van der Waals surface area contributed by atoms with Crippen LogP contribution in [0.1, 0.15) is 38.8 Å². The van der Waals surface area contributed by atoms with Crippen molar-refractivity contribution < 1.29 is 0 Å². The van der Waals surface area contributed by atoms with E-state index in [1.807, 2.05) is 6.07 Å². The number of nitrogens with one attached hydrogen (secondary N) is 1. The quantitative estimate of drug-likeness (QED) is 0.792. The normalized spacial score (nSPS) is 10.9. The molecule has 2 nitrogen and oxygen atoms in total. The lowest BCUT2D eigenvalue weighted by molar-refractivity contribution is 0.552. The minimum Gasteiger partial charge on any atom is -0.312 e. The molecule has 98 valence electrons. The maximum Gasteiger partial charge on any atom is 0.100 e. The third kappa shape index (κ3) is 5.12. The molecule has 0 saturated carbocycles. The summed E-state index contributed by atoms with van der Waals surface area (Å²) in [6.07, 6.45) is 0. The molecule has 0 aliphatic heterocycles. The fraction of sp³-hybridized carbons (Fsp3) is 0.533. The average Bonchev–Trinajstić information content (AvgIpc) is 2.29. The van der Waals surface area contributed by atoms with E-state index in [1.54, 1.807) is 11.8 Å². The van der Waals surface area contributed by atoms with Crippen molar-refractivity contribution in [3.05, 3.63) is 29.3 Å². The number of nitriles is 1. The smallest absolute Gasteiger partial charge is 0.100 e. The van der Waals surface area contributed by atoms with Gasteiger partial charge in [-0.3, -0.25) is 0 Å². The Hall–Kier alpha value is -0.980. The maximum atomic E-state index is 9.19. The molecule has 1 rings (SSSR count). The highest BCUT2D eigenvalue weighted by atomic mass is 32.2. The topological polar surface area (TPSA) is 35.8 Å². The van der Waals surface area contributed by atoms with Crippen molar-refractivity contribution in [2.45, 2.75) is 44.4 Å². The van der Waals surface area contributed by atoms with E-state index in [9.17, 15) is 5.26 Å². The van der Waals surface area contributed by atoms with E-state index >= 15 is 0 Å². The van der Waals surface area contributed by atoms with Crippen molar-refractivity contribution in [3.63, 3.8) is 0 Å². The van der Waals surface area contributed by atoms with Gasteiger partial charge in [0.25, 0.3) is 0 Å². The number of hydrogen-bond acceptors (Lipinski definition) is 3. The molecule has 0 fully saturated rings. The second kappa shape index (κ2) is 7.45. The molecule has 0 aliphatic carbocycles. The van der Waals surface area contributed by atoms with Crippen LogP contribution in [0.4, 0.5) is 0 Å². The summed E-state index contributed by atoms with van der Waals surface area (Å²) < 4.78 is 0. The molecule has 0 saturated heterocycles. The molecule has 0 atom stereocenters. The maximum absolute atomic E-state index is 9.19. The molecule has 0 unspecified atom stereocenters. The molecular weight excluding hydrogens is 240 g/mol. The first kappa shape index (κ1) is 15.1. The predicted octanol–water partition coefficient (Wildman–Crippen LogP) is 3.80. The van der Waals surface area contributed by atoms with E-state index in [0.717, 1.165) is 23.5 Å². The predicted molar refractivity (Wildman–Crippen MR) is 78.7 cm³/mol. The van der Waals surface area contributed by atoms with Crippen LogP contribution in [0.5, 0.6) is 0 Å². The number of thioether (sulfide) groups is 1. The van der Waals surface area contributed by atoms with E-state index in [2.05, 4.69) is 51.2 Å². The SMILES string of the molecule is CC(C)CNCc1ccc(SC(C)C)c(C#N)c1. The van der Waals surface area contributed by atoms with Crippen LogP contribution >= 0.6 is 11.8 Å². The fourth-order valence-corrected chi connectivity index (χ4v) is 2.52. The summed E-state index contributed by atoms with van der Waals surface area (Å²) in [6.45, 7) is 10.5. The molecule has 1 aromatic carbocycles. The summed E-state index contributed by atoms with van der Waals surface area (Å²) in [6, 6.07) is 8.47. The van der Waals surface area contributed by atoms with Gasteiger partial charge in [-0.25, -0.2) is 0 Å². The van der Waals surface area contributed by atoms with Crippen molar-refractivity contribution >= 4 is 11.8 Å². The number of rotatable bonds is 6. The largest absolute Gasteiger partial charge is 0.312 e. The molecule has 0 aromatic heterocycles. The Bertz CT molecular complexity index is 419. The molecule has 0 radical (unpaired) electrons. The van der Waals surface area contributed by atoms with Crippen LogP contribution in [-0.4, -0.2) is 11.8 Å². The monoisotopic (exact) mass is 262 g/mol. The summed E-state index contributed by atoms with van der Waals surface area (Å²) in [5.74, 6) is 0.649. The summed E-state index contributed by atoms with van der Waals surface area (Å²) in [4.78, 5) is 1.08. The first-order chi connectivity index (χ1) is 8.52. The summed E-state index contributed by atoms with van der Waals surface area (Å²) in [5, 5.41) is 13.1. The van der Waals surface area contributed by atoms with Gasteiger partial charge < -0.3 is 5.32 Å². The van der Waals surface area contributed by atoms with E-state index in [4.69, 9.17) is 0 Å². The summed E-state index contributed by atoms with van der Waals surface area (Å²) in [7, 11) is 0. The van der Waals surface area contributed by atoms with Crippen molar-refractivity contribution in [2.24, 2.45) is 5.92 Å². The first-order valence-electron chi connectivity index (χ1n) is 6.43. The third-order valence-corrected chi connectivity index (χ3v) is 3.49. The van der Waals surface area contributed by atoms with Crippen LogP contribution in [0.3, 0.4) is 0 Å². The Morgan fingerprint density at radius 3 is 2.56 bits per heavy atom. The van der Waals surface area contributed by atoms with Crippen molar-refractivity contribution in [2.75, 3.05) is 6.54 Å². The zero-order valence-electron chi connectivity index (χ0n) is 11.7. The molecule has 18 heavy (non-hydrogen) atoms. The molecule has 0 heterocycles. The first-order valence-corrected chi connectivity index (χ1v) is 7.31. The van der Waals surface area contributed by atoms with Gasteiger partial charge in [0.05, 0.1) is 5.56 Å². The van der Waals surface area contributed by atoms with Gasteiger partial charge in [0.2, 0.25) is 0 Å². The molecule has 0 aliphatic rings. The highest BCUT2D eigenvalue weighted by molar-refractivity contribution is 8.00. The lowest BCUT2D eigenvalue weighted by atomic mass is 10.1. The highest BCUT2D eigenvalue weighted by Crippen LogP contribution is 2.27. The standard InChI is InChI=1S/C15H22N2S/c1-11(2)9-17-10-13-5-6-15(18-12(3)4)14(7-13)8-16/h5-7,11-12,17H,9-10H2,1-4H3. The second-order valence-corrected chi connectivity index (χ2v) is 6.75. The molecule has 3 heteroatoms. The van der Waals surface area contributed by atoms with Gasteiger partial charge in [-0.1, -0.05) is 33.8 Å². The van der Waals surface area contributed by atoms with Gasteiger partial charge in [0, 0.05) is 16.7 Å². The average molecular weight is 262 g/mol. The lowest BCUT2D eigenvalue weighted by Crippen LogP contribution is -2.18. The van der Waals surface area contributed by atoms with E-state index in [1.165, 1.54) is 5.56 Å². The van der Waals surface area contributed by atoms with Gasteiger partial charge >= 0.3 is 0 Å². The number of hydrogen-bond donors (Lipinski definition) is 1. The van der Waals surface area contributed by atoms with Crippen molar-refractivity contribution in [1.82, 2.24) is 5.32 Å². The van der Waals surface area contributed by atoms with Crippen LogP contribution in [0.25, 0.3) is 0 Å². The summed E-state index contributed by atoms with van der Waals surface area (Å²) >= 11 is 1.74. The lowest BCUT2D eigenvalue weighted by Gasteiger charge is -2.10. The Kier molecular flexibility index (Phi) is 6.24. The van der Waals surface area contributed by atoms with E-state index in [0.29, 0.717) is 11.2 Å². The highest BCUT2D eigenvalue weighted by Gasteiger charge is 2.06. The van der Waals surface area contributed by atoms with Crippen molar-refractivity contribution in [3.8, 4) is 6.07 Å². The molecule has 1 aromatic rings. The molecule has 0 spiro atoms. The fourth-order valence-electron chi connectivity index (χ4n) is 1.64. The van der Waals surface area contributed by atoms with Crippen LogP contribution in [0, 0.1) is 17.2 Å². The molecule has 0 amide bonds. The van der Waals surface area contributed by atoms with E-state index in [-0.39, 0.29) is 0 Å². The molecule has 1 N–H and O–H groups in total. The van der Waals surface area contributed by atoms with E-state index < -0.39 is 0 Å². The zero-order valence-corrected chi connectivity index (χ0v) is 12.5. The number of nitrogens with zero attached hydrogens (tertiary/aromatic N) is 1. The Balaban J connectivity index is 2.70. The van der Waals surface area contributed by atoms with Crippen molar-refractivity contribution in [1.29, 1.82) is 5.26 Å². The van der Waals surface area contributed by atoms with Crippen LogP contribution in [0.2, 0.25) is 0 Å². The minimum absolute atomic E-state index is 0.502. The third-order valence-electron chi connectivity index (χ3n) is 2.41. The van der Waals surface area contributed by atoms with Gasteiger partial charge in [-0.2, -0.15) is 5.26 Å². The van der Waals surface area contributed by atoms with Crippen LogP contribution < -0.4 is 5.32 Å². The number of benzene rings is 1. The van der Waals surface area contributed by atoms with Gasteiger partial charge in [-0.15, -0.1) is 11.8 Å². The van der Waals surface area contributed by atoms with Crippen LogP contribution in [0.15, 0.2) is 23.1 Å². The Morgan fingerprint density at radius 1 is 1.28 bits per heavy atom. The molecule has 0 bridgehead atoms. The molecular formula is C15H22N2S. The summed E-state index contributed by atoms with van der Waals surface area (Å²) in [5.41, 5.74) is 1.97. The van der Waals surface area contributed by atoms with Crippen LogP contribution in [-0.2, 0) is 6.54 Å². The zero-order chi connectivity index (χ0) is 13.5. The minimum atomic E-state index is 0.502. The van der Waals surface area contributed by atoms with Gasteiger partial charge in [-0.05, 0) is 30.2 Å². The van der Waals surface area contributed by atoms with Gasteiger partial charge in [0.1, 0.15) is 6.07 Å². The second-order valence-electron chi connectivity index (χ2n) is 5.13. The van der Waals surface area contributed by atoms with Gasteiger partial charge in [0.15, 0.2) is 0 Å². The Morgan fingerprint density at radius 2 is 2.00 bits per heavy atom.